The number of amidine groups is 1. The molecule has 4 nitrogen and oxygen atoms in total. The van der Waals surface area contributed by atoms with Crippen molar-refractivity contribution in [3.05, 3.63) is 34.1 Å². The van der Waals surface area contributed by atoms with Crippen LogP contribution >= 0.6 is 15.9 Å². The van der Waals surface area contributed by atoms with Gasteiger partial charge in [-0.3, -0.25) is 5.41 Å². The molecule has 1 rings (SSSR count). The van der Waals surface area contributed by atoms with Crippen molar-refractivity contribution >= 4 is 31.6 Å². The molecule has 0 fully saturated rings. The van der Waals surface area contributed by atoms with Gasteiger partial charge in [0.15, 0.2) is 9.84 Å². The van der Waals surface area contributed by atoms with Crippen LogP contribution in [0.15, 0.2) is 22.7 Å². The van der Waals surface area contributed by atoms with Gasteiger partial charge in [0.2, 0.25) is 0 Å². The Morgan fingerprint density at radius 1 is 1.45 bits per heavy atom. The summed E-state index contributed by atoms with van der Waals surface area (Å²) in [5.41, 5.74) is 5.40. The first-order valence-corrected chi connectivity index (χ1v) is 8.81. The molecule has 0 amide bonds. The first kappa shape index (κ1) is 19.1. The summed E-state index contributed by atoms with van der Waals surface area (Å²) in [6.07, 6.45) is 0. The highest BCUT2D eigenvalue weighted by Crippen LogP contribution is 2.24. The normalized spacial score (nSPS) is 12.2. The Morgan fingerprint density at radius 2 is 2.00 bits per heavy atom. The van der Waals surface area contributed by atoms with E-state index in [9.17, 15) is 12.8 Å². The number of hydrogen-bond donors (Lipinski definition) is 2. The summed E-state index contributed by atoms with van der Waals surface area (Å²) < 4.78 is 37.6. The maximum absolute atomic E-state index is 13.6. The third-order valence-corrected chi connectivity index (χ3v) is 4.62. The van der Waals surface area contributed by atoms with Gasteiger partial charge < -0.3 is 5.73 Å². The van der Waals surface area contributed by atoms with E-state index in [0.717, 1.165) is 0 Å². The molecule has 0 spiro atoms. The van der Waals surface area contributed by atoms with Crippen LogP contribution in [0.1, 0.15) is 32.3 Å². The number of hydrogen-bond acceptors (Lipinski definition) is 3. The fourth-order valence-corrected chi connectivity index (χ4v) is 3.57. The molecule has 3 N–H and O–H groups in total. The Balaban J connectivity index is 0.00000172. The quantitative estimate of drug-likeness (QED) is 0.620. The van der Waals surface area contributed by atoms with Crippen LogP contribution < -0.4 is 5.73 Å². The first-order chi connectivity index (χ1) is 9.21. The SMILES string of the molecule is CC.CC(CS(=O)(=O)CC(=N)N)c1cc(Br)ccc1F. The average molecular weight is 367 g/mol. The Morgan fingerprint density at radius 3 is 2.50 bits per heavy atom. The molecule has 0 radical (unpaired) electrons. The Kier molecular flexibility index (Phi) is 7.96. The van der Waals surface area contributed by atoms with Gasteiger partial charge in [0.05, 0.1) is 5.75 Å². The Hall–Kier alpha value is -0.950. The van der Waals surface area contributed by atoms with Crippen LogP contribution in [0.5, 0.6) is 0 Å². The lowest BCUT2D eigenvalue weighted by Gasteiger charge is -2.13. The average Bonchev–Trinajstić information content (AvgIpc) is 2.32. The molecule has 20 heavy (non-hydrogen) atoms. The summed E-state index contributed by atoms with van der Waals surface area (Å²) in [6.45, 7) is 5.63. The van der Waals surface area contributed by atoms with Crippen molar-refractivity contribution in [2.24, 2.45) is 5.73 Å². The summed E-state index contributed by atoms with van der Waals surface area (Å²) in [7, 11) is -3.49. The van der Waals surface area contributed by atoms with Gasteiger partial charge in [-0.05, 0) is 29.7 Å². The van der Waals surface area contributed by atoms with E-state index >= 15 is 0 Å². The summed E-state index contributed by atoms with van der Waals surface area (Å²) in [4.78, 5) is 0. The second kappa shape index (κ2) is 8.36. The molecule has 0 aromatic heterocycles. The number of rotatable bonds is 5. The molecule has 1 aromatic carbocycles. The van der Waals surface area contributed by atoms with Crippen molar-refractivity contribution in [3.63, 3.8) is 0 Å². The van der Waals surface area contributed by atoms with Crippen LogP contribution in [-0.2, 0) is 9.84 Å². The molecule has 0 aliphatic carbocycles. The van der Waals surface area contributed by atoms with Crippen LogP contribution in [0, 0.1) is 11.2 Å². The largest absolute Gasteiger partial charge is 0.387 e. The zero-order valence-corrected chi connectivity index (χ0v) is 14.2. The van der Waals surface area contributed by atoms with Crippen LogP contribution in [0.25, 0.3) is 0 Å². The zero-order chi connectivity index (χ0) is 15.9. The lowest BCUT2D eigenvalue weighted by atomic mass is 10.0. The van der Waals surface area contributed by atoms with E-state index in [-0.39, 0.29) is 5.75 Å². The van der Waals surface area contributed by atoms with Crippen LogP contribution in [0.4, 0.5) is 4.39 Å². The van der Waals surface area contributed by atoms with Crippen molar-refractivity contribution < 1.29 is 12.8 Å². The van der Waals surface area contributed by atoms with Gasteiger partial charge in [-0.2, -0.15) is 0 Å². The number of sulfone groups is 1. The van der Waals surface area contributed by atoms with E-state index in [0.29, 0.717) is 10.0 Å². The zero-order valence-electron chi connectivity index (χ0n) is 11.8. The van der Waals surface area contributed by atoms with Crippen molar-refractivity contribution in [2.75, 3.05) is 11.5 Å². The molecule has 0 heterocycles. The summed E-state index contributed by atoms with van der Waals surface area (Å²) >= 11 is 3.21. The molecule has 0 saturated heterocycles. The molecule has 1 aromatic rings. The maximum atomic E-state index is 13.6. The molecule has 1 unspecified atom stereocenters. The van der Waals surface area contributed by atoms with Gasteiger partial charge in [0.25, 0.3) is 0 Å². The van der Waals surface area contributed by atoms with Crippen molar-refractivity contribution in [1.29, 1.82) is 5.41 Å². The molecule has 0 saturated carbocycles. The second-order valence-electron chi connectivity index (χ2n) is 4.15. The van der Waals surface area contributed by atoms with E-state index in [1.165, 1.54) is 6.07 Å². The fourth-order valence-electron chi connectivity index (χ4n) is 1.66. The standard InChI is InChI=1S/C11H14BrFN2O2S.C2H6/c1-7(5-18(16,17)6-11(14)15)9-4-8(12)2-3-10(9)13;1-2/h2-4,7H,5-6H2,1H3,(H3,14,15);1-2H3. The van der Waals surface area contributed by atoms with E-state index < -0.39 is 33.2 Å². The van der Waals surface area contributed by atoms with E-state index in [4.69, 9.17) is 11.1 Å². The Bertz CT molecular complexity index is 561. The summed E-state index contributed by atoms with van der Waals surface area (Å²) in [6, 6.07) is 4.40. The van der Waals surface area contributed by atoms with E-state index in [1.807, 2.05) is 13.8 Å². The molecular weight excluding hydrogens is 347 g/mol. The van der Waals surface area contributed by atoms with E-state index in [2.05, 4.69) is 15.9 Å². The lowest BCUT2D eigenvalue weighted by molar-refractivity contribution is 0.581. The van der Waals surface area contributed by atoms with E-state index in [1.54, 1.807) is 19.1 Å². The number of nitrogens with two attached hydrogens (primary N) is 1. The van der Waals surface area contributed by atoms with Crippen LogP contribution in [0.3, 0.4) is 0 Å². The van der Waals surface area contributed by atoms with Gasteiger partial charge >= 0.3 is 0 Å². The lowest BCUT2D eigenvalue weighted by Crippen LogP contribution is -2.26. The van der Waals surface area contributed by atoms with Crippen LogP contribution in [0.2, 0.25) is 0 Å². The highest BCUT2D eigenvalue weighted by atomic mass is 79.9. The topological polar surface area (TPSA) is 84.0 Å². The van der Waals surface area contributed by atoms with Gasteiger partial charge in [0.1, 0.15) is 17.4 Å². The van der Waals surface area contributed by atoms with Gasteiger partial charge in [-0.1, -0.05) is 36.7 Å². The number of benzene rings is 1. The molecule has 0 aliphatic heterocycles. The maximum Gasteiger partial charge on any atom is 0.158 e. The molecular formula is C13H20BrFN2O2S. The van der Waals surface area contributed by atoms with Gasteiger partial charge in [0, 0.05) is 4.47 Å². The number of halogens is 2. The van der Waals surface area contributed by atoms with Crippen LogP contribution in [-0.4, -0.2) is 25.8 Å². The minimum Gasteiger partial charge on any atom is -0.387 e. The fraction of sp³-hybridized carbons (Fsp3) is 0.462. The Labute approximate surface area is 128 Å². The van der Waals surface area contributed by atoms with Crippen molar-refractivity contribution in [3.8, 4) is 0 Å². The van der Waals surface area contributed by atoms with Crippen molar-refractivity contribution in [1.82, 2.24) is 0 Å². The van der Waals surface area contributed by atoms with Gasteiger partial charge in [-0.15, -0.1) is 0 Å². The summed E-state index contributed by atoms with van der Waals surface area (Å²) in [5.74, 6) is -2.07. The second-order valence-corrected chi connectivity index (χ2v) is 7.17. The number of nitrogens with one attached hydrogen (secondary N) is 1. The summed E-state index contributed by atoms with van der Waals surface area (Å²) in [5, 5.41) is 6.99. The van der Waals surface area contributed by atoms with Gasteiger partial charge in [-0.25, -0.2) is 12.8 Å². The predicted octanol–water partition coefficient (Wildman–Crippen LogP) is 3.07. The monoisotopic (exact) mass is 366 g/mol. The molecule has 1 atom stereocenters. The molecule has 0 aliphatic rings. The third kappa shape index (κ3) is 6.47. The smallest absolute Gasteiger partial charge is 0.158 e. The highest BCUT2D eigenvalue weighted by molar-refractivity contribution is 9.10. The molecule has 0 bridgehead atoms. The third-order valence-electron chi connectivity index (χ3n) is 2.37. The predicted molar refractivity (Wildman–Crippen MR) is 84.4 cm³/mol. The molecule has 7 heteroatoms. The first-order valence-electron chi connectivity index (χ1n) is 6.19. The molecule has 114 valence electrons. The minimum atomic E-state index is -3.49. The van der Waals surface area contributed by atoms with Crippen molar-refractivity contribution in [2.45, 2.75) is 26.7 Å². The minimum absolute atomic E-state index is 0.236. The highest BCUT2D eigenvalue weighted by Gasteiger charge is 2.20.